The number of hydrogen-bond donors (Lipinski definition) is 3. The van der Waals surface area contributed by atoms with E-state index in [1.165, 1.54) is 6.42 Å². The fourth-order valence-corrected chi connectivity index (χ4v) is 3.44. The second kappa shape index (κ2) is 11.3. The molecule has 1 aliphatic heterocycles. The number of nitrogens with zero attached hydrogens (tertiary/aromatic N) is 1. The molecule has 2 rings (SSSR count). The van der Waals surface area contributed by atoms with Crippen LogP contribution in [0.15, 0.2) is 4.99 Å². The molecular weight excluding hydrogens is 443 g/mol. The molecule has 152 valence electrons. The summed E-state index contributed by atoms with van der Waals surface area (Å²) in [6.07, 6.45) is 6.26. The van der Waals surface area contributed by atoms with E-state index in [0.29, 0.717) is 18.4 Å². The quantitative estimate of drug-likeness (QED) is 0.227. The van der Waals surface area contributed by atoms with Gasteiger partial charge in [-0.25, -0.2) is 0 Å². The zero-order chi connectivity index (χ0) is 18.3. The van der Waals surface area contributed by atoms with Crippen LogP contribution in [0, 0.1) is 11.3 Å². The minimum absolute atomic E-state index is 0. The number of carbonyl (C=O) groups is 1. The third kappa shape index (κ3) is 8.41. The molecular formula is C19H37IN4O2. The Morgan fingerprint density at radius 3 is 2.54 bits per heavy atom. The normalized spacial score (nSPS) is 23.8. The maximum atomic E-state index is 11.7. The van der Waals surface area contributed by atoms with Crippen LogP contribution in [0.3, 0.4) is 0 Å². The van der Waals surface area contributed by atoms with Crippen molar-refractivity contribution in [3.8, 4) is 0 Å². The molecule has 7 heteroatoms. The molecule has 1 aliphatic carbocycles. The lowest BCUT2D eigenvalue weighted by atomic mass is 9.78. The van der Waals surface area contributed by atoms with Crippen LogP contribution < -0.4 is 16.0 Å². The standard InChI is InChI=1S/C19H36N4O2.HI/c1-19(2,3)17-14(7-6-12-25-17)13-22-18(20-4)21-11-5-8-16(24)23-15-9-10-15;/h14-15,17H,5-13H2,1-4H3,(H,23,24)(H2,20,21,22);1H. The summed E-state index contributed by atoms with van der Waals surface area (Å²) in [5.74, 6) is 1.47. The van der Waals surface area contributed by atoms with E-state index < -0.39 is 0 Å². The molecule has 2 unspecified atom stereocenters. The van der Waals surface area contributed by atoms with Crippen LogP contribution in [-0.2, 0) is 9.53 Å². The second-order valence-corrected chi connectivity index (χ2v) is 8.38. The number of aliphatic imine (C=N–C) groups is 1. The Labute approximate surface area is 175 Å². The van der Waals surface area contributed by atoms with Crippen LogP contribution in [0.1, 0.15) is 59.3 Å². The Morgan fingerprint density at radius 1 is 1.19 bits per heavy atom. The average molecular weight is 480 g/mol. The van der Waals surface area contributed by atoms with Crippen LogP contribution >= 0.6 is 24.0 Å². The number of amides is 1. The molecule has 0 bridgehead atoms. The molecule has 3 N–H and O–H groups in total. The van der Waals surface area contributed by atoms with Gasteiger partial charge < -0.3 is 20.7 Å². The summed E-state index contributed by atoms with van der Waals surface area (Å²) in [5.41, 5.74) is 0.151. The van der Waals surface area contributed by atoms with Crippen molar-refractivity contribution in [1.82, 2.24) is 16.0 Å². The molecule has 0 aromatic rings. The molecule has 1 amide bonds. The van der Waals surface area contributed by atoms with Crippen molar-refractivity contribution < 1.29 is 9.53 Å². The lowest BCUT2D eigenvalue weighted by molar-refractivity contribution is -0.121. The first kappa shape index (κ1) is 23.5. The maximum absolute atomic E-state index is 11.7. The van der Waals surface area contributed by atoms with E-state index >= 15 is 0 Å². The fraction of sp³-hybridized carbons (Fsp3) is 0.895. The number of halogens is 1. The number of nitrogens with one attached hydrogen (secondary N) is 3. The van der Waals surface area contributed by atoms with Crippen molar-refractivity contribution in [2.75, 3.05) is 26.7 Å². The SMILES string of the molecule is CN=C(NCCCC(=O)NC1CC1)NCC1CCCOC1C(C)(C)C.I. The second-order valence-electron chi connectivity index (χ2n) is 8.38. The van der Waals surface area contributed by atoms with Gasteiger partial charge in [-0.2, -0.15) is 0 Å². The predicted molar refractivity (Wildman–Crippen MR) is 117 cm³/mol. The lowest BCUT2D eigenvalue weighted by Crippen LogP contribution is -2.47. The summed E-state index contributed by atoms with van der Waals surface area (Å²) in [4.78, 5) is 16.0. The van der Waals surface area contributed by atoms with E-state index in [9.17, 15) is 4.79 Å². The van der Waals surface area contributed by atoms with Gasteiger partial charge in [0.25, 0.3) is 0 Å². The van der Waals surface area contributed by atoms with Crippen molar-refractivity contribution in [3.05, 3.63) is 0 Å². The third-order valence-corrected chi connectivity index (χ3v) is 4.87. The summed E-state index contributed by atoms with van der Waals surface area (Å²) in [5, 5.41) is 9.75. The molecule has 0 radical (unpaired) electrons. The Bertz CT molecular complexity index is 461. The van der Waals surface area contributed by atoms with Gasteiger partial charge in [0.05, 0.1) is 6.10 Å². The van der Waals surface area contributed by atoms with Crippen LogP contribution in [-0.4, -0.2) is 50.8 Å². The summed E-state index contributed by atoms with van der Waals surface area (Å²) >= 11 is 0. The number of hydrogen-bond acceptors (Lipinski definition) is 3. The van der Waals surface area contributed by atoms with Crippen molar-refractivity contribution in [2.24, 2.45) is 16.3 Å². The monoisotopic (exact) mass is 480 g/mol. The Hall–Kier alpha value is -0.570. The topological polar surface area (TPSA) is 74.8 Å². The summed E-state index contributed by atoms with van der Waals surface area (Å²) < 4.78 is 6.04. The zero-order valence-corrected chi connectivity index (χ0v) is 19.1. The smallest absolute Gasteiger partial charge is 0.220 e. The third-order valence-electron chi connectivity index (χ3n) is 4.87. The van der Waals surface area contributed by atoms with E-state index in [2.05, 4.69) is 41.7 Å². The molecule has 0 aromatic heterocycles. The molecule has 1 saturated carbocycles. The van der Waals surface area contributed by atoms with Crippen molar-refractivity contribution in [3.63, 3.8) is 0 Å². The van der Waals surface area contributed by atoms with Crippen molar-refractivity contribution in [2.45, 2.75) is 71.4 Å². The molecule has 1 saturated heterocycles. The highest BCUT2D eigenvalue weighted by molar-refractivity contribution is 14.0. The highest BCUT2D eigenvalue weighted by Gasteiger charge is 2.35. The van der Waals surface area contributed by atoms with Gasteiger partial charge in [-0.3, -0.25) is 9.79 Å². The summed E-state index contributed by atoms with van der Waals surface area (Å²) in [7, 11) is 1.79. The van der Waals surface area contributed by atoms with Crippen LogP contribution in [0.4, 0.5) is 0 Å². The minimum Gasteiger partial charge on any atom is -0.377 e. The summed E-state index contributed by atoms with van der Waals surface area (Å²) in [6.45, 7) is 9.22. The molecule has 26 heavy (non-hydrogen) atoms. The Kier molecular flexibility index (Phi) is 10.2. The predicted octanol–water partition coefficient (Wildman–Crippen LogP) is 2.67. The number of carbonyl (C=O) groups excluding carboxylic acids is 1. The Balaban J connectivity index is 0.00000338. The highest BCUT2D eigenvalue weighted by atomic mass is 127. The van der Waals surface area contributed by atoms with Crippen molar-refractivity contribution >= 4 is 35.8 Å². The molecule has 6 nitrogen and oxygen atoms in total. The summed E-state index contributed by atoms with van der Waals surface area (Å²) in [6, 6.07) is 0.448. The van der Waals surface area contributed by atoms with Gasteiger partial charge in [-0.15, -0.1) is 24.0 Å². The Morgan fingerprint density at radius 2 is 1.92 bits per heavy atom. The largest absolute Gasteiger partial charge is 0.377 e. The lowest BCUT2D eigenvalue weighted by Gasteiger charge is -2.40. The molecule has 2 fully saturated rings. The van der Waals surface area contributed by atoms with E-state index in [-0.39, 0.29) is 41.4 Å². The van der Waals surface area contributed by atoms with Gasteiger partial charge >= 0.3 is 0 Å². The molecule has 2 aliphatic rings. The van der Waals surface area contributed by atoms with Gasteiger partial charge in [-0.1, -0.05) is 20.8 Å². The van der Waals surface area contributed by atoms with Crippen LogP contribution in [0.25, 0.3) is 0 Å². The van der Waals surface area contributed by atoms with Crippen molar-refractivity contribution in [1.29, 1.82) is 0 Å². The number of rotatable bonds is 7. The fourth-order valence-electron chi connectivity index (χ4n) is 3.44. The van der Waals surface area contributed by atoms with Gasteiger partial charge in [0, 0.05) is 45.1 Å². The first-order valence-electron chi connectivity index (χ1n) is 9.75. The van der Waals surface area contributed by atoms with Crippen LogP contribution in [0.2, 0.25) is 0 Å². The average Bonchev–Trinajstić information content (AvgIpc) is 3.37. The molecule has 2 atom stereocenters. The van der Waals surface area contributed by atoms with Crippen LogP contribution in [0.5, 0.6) is 0 Å². The van der Waals surface area contributed by atoms with E-state index in [0.717, 1.165) is 51.3 Å². The van der Waals surface area contributed by atoms with E-state index in [1.54, 1.807) is 7.05 Å². The van der Waals surface area contributed by atoms with Gasteiger partial charge in [0.1, 0.15) is 0 Å². The number of guanidine groups is 1. The van der Waals surface area contributed by atoms with Gasteiger partial charge in [-0.05, 0) is 37.5 Å². The first-order valence-corrected chi connectivity index (χ1v) is 9.75. The first-order chi connectivity index (χ1) is 11.9. The van der Waals surface area contributed by atoms with Gasteiger partial charge in [0.2, 0.25) is 5.91 Å². The molecule has 1 heterocycles. The number of ether oxygens (including phenoxy) is 1. The van der Waals surface area contributed by atoms with E-state index in [4.69, 9.17) is 4.74 Å². The van der Waals surface area contributed by atoms with E-state index in [1.807, 2.05) is 0 Å². The highest BCUT2D eigenvalue weighted by Crippen LogP contribution is 2.33. The molecule has 0 spiro atoms. The molecule has 0 aromatic carbocycles. The van der Waals surface area contributed by atoms with Gasteiger partial charge in [0.15, 0.2) is 5.96 Å². The minimum atomic E-state index is 0. The zero-order valence-electron chi connectivity index (χ0n) is 16.8. The maximum Gasteiger partial charge on any atom is 0.220 e.